The fourth-order valence-corrected chi connectivity index (χ4v) is 4.32. The Bertz CT molecular complexity index is 919. The van der Waals surface area contributed by atoms with E-state index in [0.717, 1.165) is 18.7 Å². The van der Waals surface area contributed by atoms with Crippen molar-refractivity contribution in [2.45, 2.75) is 38.8 Å². The standard InChI is InChI=1S/C20H25N5O/c1-14(2)24-10-5-15-3-4-16(13-18(15)24)19-21-22-20(26-19)25-12-11-23-8-6-17(25)7-9-23/h3-5,10,13-14,17H,6-9,11-12H2,1-2H3. The topological polar surface area (TPSA) is 50.3 Å². The monoisotopic (exact) mass is 351 g/mol. The fourth-order valence-electron chi connectivity index (χ4n) is 4.32. The number of benzene rings is 1. The Kier molecular flexibility index (Phi) is 3.74. The Morgan fingerprint density at radius 2 is 1.88 bits per heavy atom. The molecule has 5 heterocycles. The van der Waals surface area contributed by atoms with Gasteiger partial charge in [0.1, 0.15) is 0 Å². The average Bonchev–Trinajstić information content (AvgIpc) is 3.20. The summed E-state index contributed by atoms with van der Waals surface area (Å²) in [7, 11) is 0. The van der Waals surface area contributed by atoms with Gasteiger partial charge in [-0.05, 0) is 50.3 Å². The van der Waals surface area contributed by atoms with Crippen molar-refractivity contribution in [1.82, 2.24) is 19.7 Å². The number of nitrogens with zero attached hydrogens (tertiary/aromatic N) is 5. The van der Waals surface area contributed by atoms with Gasteiger partial charge in [-0.15, -0.1) is 5.10 Å². The van der Waals surface area contributed by atoms with E-state index < -0.39 is 0 Å². The molecule has 0 spiro atoms. The number of anilines is 1. The minimum Gasteiger partial charge on any atom is -0.403 e. The lowest BCUT2D eigenvalue weighted by Gasteiger charge is -2.29. The van der Waals surface area contributed by atoms with Crippen LogP contribution >= 0.6 is 0 Å². The van der Waals surface area contributed by atoms with Crippen LogP contribution in [0, 0.1) is 0 Å². The predicted molar refractivity (Wildman–Crippen MR) is 102 cm³/mol. The summed E-state index contributed by atoms with van der Waals surface area (Å²) in [5.41, 5.74) is 2.19. The van der Waals surface area contributed by atoms with E-state index in [9.17, 15) is 0 Å². The quantitative estimate of drug-likeness (QED) is 0.722. The lowest BCUT2D eigenvalue weighted by molar-refractivity contribution is 0.249. The van der Waals surface area contributed by atoms with Gasteiger partial charge in [0, 0.05) is 55.5 Å². The summed E-state index contributed by atoms with van der Waals surface area (Å²) in [5.74, 6) is 0.609. The zero-order chi connectivity index (χ0) is 17.7. The molecule has 3 saturated heterocycles. The molecule has 0 aliphatic carbocycles. The van der Waals surface area contributed by atoms with Crippen molar-refractivity contribution in [3.8, 4) is 11.5 Å². The van der Waals surface area contributed by atoms with Crippen LogP contribution in [0.3, 0.4) is 0 Å². The third kappa shape index (κ3) is 2.60. The number of rotatable bonds is 3. The number of hydrogen-bond donors (Lipinski definition) is 0. The van der Waals surface area contributed by atoms with Gasteiger partial charge in [-0.2, -0.15) is 0 Å². The maximum atomic E-state index is 6.12. The van der Waals surface area contributed by atoms with E-state index in [1.54, 1.807) is 0 Å². The van der Waals surface area contributed by atoms with E-state index in [-0.39, 0.29) is 0 Å². The van der Waals surface area contributed by atoms with Crippen LogP contribution in [-0.2, 0) is 0 Å². The third-order valence-corrected chi connectivity index (χ3v) is 5.84. The molecule has 136 valence electrons. The Morgan fingerprint density at radius 1 is 1.04 bits per heavy atom. The van der Waals surface area contributed by atoms with Crippen molar-refractivity contribution >= 4 is 16.9 Å². The molecule has 0 saturated carbocycles. The maximum Gasteiger partial charge on any atom is 0.318 e. The second kappa shape index (κ2) is 6.13. The van der Waals surface area contributed by atoms with Gasteiger partial charge in [-0.3, -0.25) is 0 Å². The van der Waals surface area contributed by atoms with E-state index in [2.05, 4.69) is 68.9 Å². The minimum absolute atomic E-state index is 0.420. The second-order valence-electron chi connectivity index (χ2n) is 7.75. The van der Waals surface area contributed by atoms with Crippen molar-refractivity contribution in [2.24, 2.45) is 0 Å². The first-order valence-corrected chi connectivity index (χ1v) is 9.62. The highest BCUT2D eigenvalue weighted by Crippen LogP contribution is 2.30. The highest BCUT2D eigenvalue weighted by molar-refractivity contribution is 5.84. The normalized spacial score (nSPS) is 23.1. The number of piperidine rings is 1. The number of aromatic nitrogens is 3. The van der Waals surface area contributed by atoms with Crippen molar-refractivity contribution in [3.63, 3.8) is 0 Å². The molecule has 3 aromatic rings. The van der Waals surface area contributed by atoms with Crippen LogP contribution in [0.15, 0.2) is 34.9 Å². The number of hydrogen-bond acceptors (Lipinski definition) is 5. The van der Waals surface area contributed by atoms with Gasteiger partial charge in [-0.25, -0.2) is 0 Å². The van der Waals surface area contributed by atoms with Crippen molar-refractivity contribution < 1.29 is 4.42 Å². The first kappa shape index (κ1) is 15.9. The molecule has 3 fully saturated rings. The third-order valence-electron chi connectivity index (χ3n) is 5.84. The molecule has 3 aliphatic rings. The zero-order valence-electron chi connectivity index (χ0n) is 15.4. The van der Waals surface area contributed by atoms with Gasteiger partial charge < -0.3 is 18.8 Å². The van der Waals surface area contributed by atoms with Crippen molar-refractivity contribution in [3.05, 3.63) is 30.5 Å². The van der Waals surface area contributed by atoms with Crippen molar-refractivity contribution in [2.75, 3.05) is 31.1 Å². The van der Waals surface area contributed by atoms with E-state index in [1.807, 2.05) is 0 Å². The summed E-state index contributed by atoms with van der Waals surface area (Å²) in [6, 6.07) is 10.1. The van der Waals surface area contributed by atoms with Crippen LogP contribution in [0.4, 0.5) is 6.01 Å². The molecule has 26 heavy (non-hydrogen) atoms. The zero-order valence-corrected chi connectivity index (χ0v) is 15.4. The van der Waals surface area contributed by atoms with Crippen LogP contribution in [0.25, 0.3) is 22.4 Å². The van der Waals surface area contributed by atoms with Crippen LogP contribution in [-0.4, -0.2) is 51.9 Å². The first-order valence-electron chi connectivity index (χ1n) is 9.62. The van der Waals surface area contributed by atoms with Crippen LogP contribution < -0.4 is 4.90 Å². The molecule has 2 aromatic heterocycles. The molecule has 0 radical (unpaired) electrons. The number of fused-ring (bicyclic) bond motifs is 5. The SMILES string of the molecule is CC(C)n1ccc2ccc(-c3nnc(N4CCN5CCC4CC5)o3)cc21. The highest BCUT2D eigenvalue weighted by Gasteiger charge is 2.31. The Hall–Kier alpha value is -2.34. The molecule has 1 aromatic carbocycles. The molecule has 6 nitrogen and oxygen atoms in total. The molecule has 3 aliphatic heterocycles. The molecular weight excluding hydrogens is 326 g/mol. The summed E-state index contributed by atoms with van der Waals surface area (Å²) < 4.78 is 8.39. The van der Waals surface area contributed by atoms with Crippen molar-refractivity contribution in [1.29, 1.82) is 0 Å². The smallest absolute Gasteiger partial charge is 0.318 e. The molecule has 0 amide bonds. The van der Waals surface area contributed by atoms with E-state index in [0.29, 0.717) is 24.0 Å². The fraction of sp³-hybridized carbons (Fsp3) is 0.500. The van der Waals surface area contributed by atoms with Gasteiger partial charge in [0.2, 0.25) is 5.89 Å². The van der Waals surface area contributed by atoms with Crippen LogP contribution in [0.2, 0.25) is 0 Å². The second-order valence-corrected chi connectivity index (χ2v) is 7.75. The summed E-state index contributed by atoms with van der Waals surface area (Å²) in [6.07, 6.45) is 4.51. The Balaban J connectivity index is 1.48. The average molecular weight is 351 g/mol. The maximum absolute atomic E-state index is 6.12. The molecule has 6 heteroatoms. The first-order chi connectivity index (χ1) is 12.7. The molecule has 0 unspecified atom stereocenters. The van der Waals surface area contributed by atoms with Gasteiger partial charge in [0.05, 0.1) is 0 Å². The van der Waals surface area contributed by atoms with Gasteiger partial charge in [0.25, 0.3) is 0 Å². The summed E-state index contributed by atoms with van der Waals surface area (Å²) >= 11 is 0. The molecule has 2 bridgehead atoms. The minimum atomic E-state index is 0.420. The Morgan fingerprint density at radius 3 is 2.69 bits per heavy atom. The molecule has 0 N–H and O–H groups in total. The van der Waals surface area contributed by atoms with Gasteiger partial charge in [-0.1, -0.05) is 11.2 Å². The van der Waals surface area contributed by atoms with Gasteiger partial charge in [0.15, 0.2) is 0 Å². The van der Waals surface area contributed by atoms with E-state index in [4.69, 9.17) is 4.42 Å². The van der Waals surface area contributed by atoms with Crippen LogP contribution in [0.5, 0.6) is 0 Å². The highest BCUT2D eigenvalue weighted by atomic mass is 16.4. The summed E-state index contributed by atoms with van der Waals surface area (Å²) in [5, 5.41) is 9.98. The lowest BCUT2D eigenvalue weighted by atomic mass is 10.1. The summed E-state index contributed by atoms with van der Waals surface area (Å²) in [6.45, 7) is 8.82. The molecule has 6 rings (SSSR count). The van der Waals surface area contributed by atoms with E-state index >= 15 is 0 Å². The summed E-state index contributed by atoms with van der Waals surface area (Å²) in [4.78, 5) is 4.85. The van der Waals surface area contributed by atoms with E-state index in [1.165, 1.54) is 36.8 Å². The lowest BCUT2D eigenvalue weighted by Crippen LogP contribution is -2.38. The Labute approximate surface area is 153 Å². The van der Waals surface area contributed by atoms with Crippen LogP contribution in [0.1, 0.15) is 32.7 Å². The predicted octanol–water partition coefficient (Wildman–Crippen LogP) is 3.56. The molecule has 0 atom stereocenters. The largest absolute Gasteiger partial charge is 0.403 e. The molecular formula is C20H25N5O. The van der Waals surface area contributed by atoms with Gasteiger partial charge >= 0.3 is 6.01 Å².